The van der Waals surface area contributed by atoms with Crippen molar-refractivity contribution >= 4 is 23.0 Å². The van der Waals surface area contributed by atoms with Crippen molar-refractivity contribution in [3.8, 4) is 0 Å². The molecular weight excluding hydrogens is 184 g/mol. The molecule has 0 amide bonds. The lowest BCUT2D eigenvalue weighted by Crippen LogP contribution is -2.26. The summed E-state index contributed by atoms with van der Waals surface area (Å²) >= 11 is 5.91. The summed E-state index contributed by atoms with van der Waals surface area (Å²) in [6.07, 6.45) is 0. The number of hydrogen-bond donors (Lipinski definition) is 1. The first-order chi connectivity index (χ1) is 6.04. The Labute approximate surface area is 84.3 Å². The van der Waals surface area contributed by atoms with Crippen LogP contribution >= 0.6 is 11.6 Å². The number of para-hydroxylation sites is 1. The summed E-state index contributed by atoms with van der Waals surface area (Å²) in [5, 5.41) is 0.616. The molecule has 0 aliphatic carbocycles. The maximum absolute atomic E-state index is 5.91. The van der Waals surface area contributed by atoms with Crippen LogP contribution in [0.25, 0.3) is 0 Å². The number of anilines is 2. The van der Waals surface area contributed by atoms with Gasteiger partial charge in [-0.25, -0.2) is 0 Å². The van der Waals surface area contributed by atoms with Crippen LogP contribution in [0.4, 0.5) is 11.4 Å². The third-order valence-corrected chi connectivity index (χ3v) is 2.51. The van der Waals surface area contributed by atoms with Crippen molar-refractivity contribution in [2.75, 3.05) is 17.7 Å². The first-order valence-corrected chi connectivity index (χ1v) is 4.68. The fraction of sp³-hybridized carbons (Fsp3) is 0.400. The van der Waals surface area contributed by atoms with E-state index >= 15 is 0 Å². The van der Waals surface area contributed by atoms with Crippen molar-refractivity contribution in [2.24, 2.45) is 0 Å². The minimum atomic E-state index is 0.417. The van der Waals surface area contributed by atoms with Gasteiger partial charge in [-0.05, 0) is 26.0 Å². The summed E-state index contributed by atoms with van der Waals surface area (Å²) in [7, 11) is 2.01. The van der Waals surface area contributed by atoms with E-state index in [2.05, 4.69) is 18.7 Å². The molecule has 0 saturated carbocycles. The first-order valence-electron chi connectivity index (χ1n) is 4.31. The van der Waals surface area contributed by atoms with Gasteiger partial charge in [-0.1, -0.05) is 17.7 Å². The van der Waals surface area contributed by atoms with E-state index in [0.29, 0.717) is 16.8 Å². The van der Waals surface area contributed by atoms with Gasteiger partial charge in [-0.3, -0.25) is 0 Å². The number of nitrogen functional groups attached to an aromatic ring is 1. The van der Waals surface area contributed by atoms with Crippen LogP contribution < -0.4 is 10.6 Å². The van der Waals surface area contributed by atoms with Crippen molar-refractivity contribution in [3.05, 3.63) is 23.2 Å². The zero-order valence-corrected chi connectivity index (χ0v) is 8.97. The van der Waals surface area contributed by atoms with Gasteiger partial charge in [0.1, 0.15) is 0 Å². The number of hydrogen-bond acceptors (Lipinski definition) is 2. The molecule has 72 valence electrons. The van der Waals surface area contributed by atoms with Crippen molar-refractivity contribution in [1.82, 2.24) is 0 Å². The Morgan fingerprint density at radius 3 is 2.54 bits per heavy atom. The third kappa shape index (κ3) is 2.07. The van der Waals surface area contributed by atoms with Gasteiger partial charge >= 0.3 is 0 Å². The highest BCUT2D eigenvalue weighted by molar-refractivity contribution is 6.33. The Kier molecular flexibility index (Phi) is 3.04. The van der Waals surface area contributed by atoms with E-state index in [1.54, 1.807) is 6.07 Å². The fourth-order valence-corrected chi connectivity index (χ4v) is 1.28. The van der Waals surface area contributed by atoms with E-state index in [9.17, 15) is 0 Å². The largest absolute Gasteiger partial charge is 0.396 e. The predicted molar refractivity (Wildman–Crippen MR) is 59.4 cm³/mol. The monoisotopic (exact) mass is 198 g/mol. The van der Waals surface area contributed by atoms with E-state index in [1.165, 1.54) is 0 Å². The van der Waals surface area contributed by atoms with Gasteiger partial charge in [0.2, 0.25) is 0 Å². The van der Waals surface area contributed by atoms with Crippen LogP contribution in [-0.4, -0.2) is 13.1 Å². The van der Waals surface area contributed by atoms with Gasteiger partial charge in [0, 0.05) is 13.1 Å². The lowest BCUT2D eigenvalue weighted by Gasteiger charge is -2.25. The minimum Gasteiger partial charge on any atom is -0.396 e. The zero-order valence-electron chi connectivity index (χ0n) is 8.21. The van der Waals surface area contributed by atoms with Crippen LogP contribution in [0.5, 0.6) is 0 Å². The van der Waals surface area contributed by atoms with Crippen LogP contribution in [0.3, 0.4) is 0 Å². The quantitative estimate of drug-likeness (QED) is 0.741. The Bertz CT molecular complexity index is 297. The van der Waals surface area contributed by atoms with E-state index in [0.717, 1.165) is 5.69 Å². The molecule has 0 atom stereocenters. The molecule has 0 aliphatic heterocycles. The van der Waals surface area contributed by atoms with Crippen LogP contribution in [0.2, 0.25) is 5.02 Å². The van der Waals surface area contributed by atoms with Crippen molar-refractivity contribution < 1.29 is 0 Å². The number of benzene rings is 1. The molecule has 2 nitrogen and oxygen atoms in total. The SMILES string of the molecule is CC(C)N(C)c1cccc(Cl)c1N. The molecule has 0 unspecified atom stereocenters. The molecule has 0 saturated heterocycles. The van der Waals surface area contributed by atoms with Gasteiger partial charge in [-0.15, -0.1) is 0 Å². The Hall–Kier alpha value is -0.890. The molecule has 1 rings (SSSR count). The van der Waals surface area contributed by atoms with Gasteiger partial charge in [0.15, 0.2) is 0 Å². The summed E-state index contributed by atoms with van der Waals surface area (Å²) in [6.45, 7) is 4.22. The second-order valence-electron chi connectivity index (χ2n) is 3.38. The lowest BCUT2D eigenvalue weighted by molar-refractivity contribution is 0.756. The molecule has 0 bridgehead atoms. The summed E-state index contributed by atoms with van der Waals surface area (Å²) in [4.78, 5) is 2.10. The molecule has 0 radical (unpaired) electrons. The van der Waals surface area contributed by atoms with E-state index in [1.807, 2.05) is 19.2 Å². The molecule has 2 N–H and O–H groups in total. The Balaban J connectivity index is 3.07. The smallest absolute Gasteiger partial charge is 0.0741 e. The number of rotatable bonds is 2. The molecule has 0 heterocycles. The maximum atomic E-state index is 5.91. The molecule has 0 fully saturated rings. The zero-order chi connectivity index (χ0) is 10.0. The van der Waals surface area contributed by atoms with Crippen molar-refractivity contribution in [1.29, 1.82) is 0 Å². The second-order valence-corrected chi connectivity index (χ2v) is 3.78. The molecule has 0 aromatic heterocycles. The number of nitrogens with zero attached hydrogens (tertiary/aromatic N) is 1. The van der Waals surface area contributed by atoms with E-state index in [-0.39, 0.29) is 0 Å². The highest BCUT2D eigenvalue weighted by atomic mass is 35.5. The summed E-state index contributed by atoms with van der Waals surface area (Å²) in [6, 6.07) is 6.10. The van der Waals surface area contributed by atoms with Gasteiger partial charge < -0.3 is 10.6 Å². The molecule has 0 spiro atoms. The highest BCUT2D eigenvalue weighted by Crippen LogP contribution is 2.29. The molecular formula is C10H15ClN2. The summed E-state index contributed by atoms with van der Waals surface area (Å²) in [5.41, 5.74) is 7.49. The van der Waals surface area contributed by atoms with Crippen LogP contribution in [0.15, 0.2) is 18.2 Å². The highest BCUT2D eigenvalue weighted by Gasteiger charge is 2.09. The van der Waals surface area contributed by atoms with Crippen molar-refractivity contribution in [2.45, 2.75) is 19.9 Å². The third-order valence-electron chi connectivity index (χ3n) is 2.18. The standard InChI is InChI=1S/C10H15ClN2/c1-7(2)13(3)9-6-4-5-8(11)10(9)12/h4-7H,12H2,1-3H3. The van der Waals surface area contributed by atoms with E-state index < -0.39 is 0 Å². The predicted octanol–water partition coefficient (Wildman–Crippen LogP) is 2.77. The molecule has 1 aromatic carbocycles. The number of halogens is 1. The van der Waals surface area contributed by atoms with Crippen LogP contribution in [0, 0.1) is 0 Å². The van der Waals surface area contributed by atoms with Gasteiger partial charge in [0.05, 0.1) is 16.4 Å². The van der Waals surface area contributed by atoms with Crippen LogP contribution in [-0.2, 0) is 0 Å². The number of nitrogens with two attached hydrogens (primary N) is 1. The second kappa shape index (κ2) is 3.88. The summed E-state index contributed by atoms with van der Waals surface area (Å²) in [5.74, 6) is 0. The molecule has 0 aliphatic rings. The molecule has 13 heavy (non-hydrogen) atoms. The first kappa shape index (κ1) is 10.2. The van der Waals surface area contributed by atoms with Gasteiger partial charge in [0.25, 0.3) is 0 Å². The average Bonchev–Trinajstić information content (AvgIpc) is 2.08. The normalized spacial score (nSPS) is 10.5. The lowest BCUT2D eigenvalue weighted by atomic mass is 10.2. The Morgan fingerprint density at radius 1 is 1.38 bits per heavy atom. The fourth-order valence-electron chi connectivity index (χ4n) is 1.11. The summed E-state index contributed by atoms with van der Waals surface area (Å²) < 4.78 is 0. The molecule has 3 heteroatoms. The van der Waals surface area contributed by atoms with E-state index in [4.69, 9.17) is 17.3 Å². The topological polar surface area (TPSA) is 29.3 Å². The molecule has 1 aromatic rings. The Morgan fingerprint density at radius 2 is 2.00 bits per heavy atom. The van der Waals surface area contributed by atoms with Crippen molar-refractivity contribution in [3.63, 3.8) is 0 Å². The average molecular weight is 199 g/mol. The van der Waals surface area contributed by atoms with Crippen LogP contribution in [0.1, 0.15) is 13.8 Å². The minimum absolute atomic E-state index is 0.417. The van der Waals surface area contributed by atoms with Gasteiger partial charge in [-0.2, -0.15) is 0 Å². The maximum Gasteiger partial charge on any atom is 0.0741 e.